The van der Waals surface area contributed by atoms with Gasteiger partial charge in [-0.25, -0.2) is 0 Å². The number of ketones is 1. The van der Waals surface area contributed by atoms with Crippen molar-refractivity contribution >= 4 is 11.8 Å². The normalized spacial score (nSPS) is 40.2. The molecule has 2 saturated carbocycles. The third-order valence-corrected chi connectivity index (χ3v) is 5.20. The molecule has 2 fully saturated rings. The summed E-state index contributed by atoms with van der Waals surface area (Å²) in [5, 5.41) is 0. The number of fused-ring (bicyclic) bond motifs is 1. The molecule has 0 N–H and O–H groups in total. The highest BCUT2D eigenvalue weighted by atomic mass is 16.5. The summed E-state index contributed by atoms with van der Waals surface area (Å²) in [5.74, 6) is 0.671. The predicted molar refractivity (Wildman–Crippen MR) is 69.0 cm³/mol. The molecule has 4 atom stereocenters. The highest BCUT2D eigenvalue weighted by molar-refractivity contribution is 5.87. The average molecular weight is 252 g/mol. The van der Waals surface area contributed by atoms with Crippen molar-refractivity contribution in [1.82, 2.24) is 0 Å². The number of hydrogen-bond donors (Lipinski definition) is 0. The van der Waals surface area contributed by atoms with Crippen LogP contribution in [0.5, 0.6) is 0 Å². The second-order valence-electron chi connectivity index (χ2n) is 6.07. The second-order valence-corrected chi connectivity index (χ2v) is 6.07. The van der Waals surface area contributed by atoms with Crippen LogP contribution >= 0.6 is 0 Å². The van der Waals surface area contributed by atoms with E-state index in [1.54, 1.807) is 0 Å². The molecule has 2 rings (SSSR count). The quantitative estimate of drug-likeness (QED) is 0.710. The molecule has 2 aliphatic rings. The number of carbonyl (C=O) groups is 2. The lowest BCUT2D eigenvalue weighted by molar-refractivity contribution is -0.171. The highest BCUT2D eigenvalue weighted by Gasteiger charge is 2.55. The lowest BCUT2D eigenvalue weighted by Crippen LogP contribution is -2.53. The van der Waals surface area contributed by atoms with Crippen molar-refractivity contribution in [2.75, 3.05) is 6.61 Å². The Balaban J connectivity index is 2.30. The Morgan fingerprint density at radius 3 is 2.72 bits per heavy atom. The number of esters is 1. The van der Waals surface area contributed by atoms with E-state index in [0.717, 1.165) is 25.7 Å². The van der Waals surface area contributed by atoms with Gasteiger partial charge in [0, 0.05) is 12.3 Å². The van der Waals surface area contributed by atoms with E-state index in [-0.39, 0.29) is 23.7 Å². The molecule has 2 aliphatic carbocycles. The zero-order valence-corrected chi connectivity index (χ0v) is 11.7. The van der Waals surface area contributed by atoms with Crippen LogP contribution in [-0.2, 0) is 14.3 Å². The topological polar surface area (TPSA) is 43.4 Å². The smallest absolute Gasteiger partial charge is 0.312 e. The Morgan fingerprint density at radius 1 is 1.39 bits per heavy atom. The van der Waals surface area contributed by atoms with Gasteiger partial charge in [0.2, 0.25) is 0 Å². The molecule has 0 bridgehead atoms. The summed E-state index contributed by atoms with van der Waals surface area (Å²) in [6, 6.07) is 0. The maximum atomic E-state index is 12.4. The van der Waals surface area contributed by atoms with Gasteiger partial charge in [-0.3, -0.25) is 9.59 Å². The molecule has 0 spiro atoms. The first-order valence-corrected chi connectivity index (χ1v) is 7.21. The Hall–Kier alpha value is -0.860. The summed E-state index contributed by atoms with van der Waals surface area (Å²) >= 11 is 0. The van der Waals surface area contributed by atoms with Gasteiger partial charge in [-0.15, -0.1) is 0 Å². The van der Waals surface area contributed by atoms with Crippen molar-refractivity contribution in [1.29, 1.82) is 0 Å². The molecule has 3 nitrogen and oxygen atoms in total. The van der Waals surface area contributed by atoms with Crippen LogP contribution in [-0.4, -0.2) is 18.4 Å². The first-order chi connectivity index (χ1) is 8.51. The van der Waals surface area contributed by atoms with Crippen LogP contribution in [0.1, 0.15) is 52.9 Å². The van der Waals surface area contributed by atoms with E-state index in [1.807, 2.05) is 20.8 Å². The van der Waals surface area contributed by atoms with E-state index < -0.39 is 5.41 Å². The average Bonchev–Trinajstić information content (AvgIpc) is 2.36. The van der Waals surface area contributed by atoms with E-state index in [0.29, 0.717) is 18.8 Å². The summed E-state index contributed by atoms with van der Waals surface area (Å²) < 4.78 is 5.29. The Kier molecular flexibility index (Phi) is 3.79. The SMILES string of the molecule is CCOC(=O)[C@@]1(C)[C@@H](C)CC(=O)[C@H]2CCCC[C@@H]21. The van der Waals surface area contributed by atoms with Crippen molar-refractivity contribution in [3.8, 4) is 0 Å². The van der Waals surface area contributed by atoms with E-state index in [1.165, 1.54) is 0 Å². The van der Waals surface area contributed by atoms with E-state index in [9.17, 15) is 9.59 Å². The fraction of sp³-hybridized carbons (Fsp3) is 0.867. The number of ether oxygens (including phenoxy) is 1. The monoisotopic (exact) mass is 252 g/mol. The fourth-order valence-electron chi connectivity index (χ4n) is 3.90. The first kappa shape index (κ1) is 13.6. The predicted octanol–water partition coefficient (Wildman–Crippen LogP) is 2.97. The van der Waals surface area contributed by atoms with Crippen LogP contribution in [0.3, 0.4) is 0 Å². The Bertz CT molecular complexity index is 350. The maximum absolute atomic E-state index is 12.4. The number of carbonyl (C=O) groups excluding carboxylic acids is 2. The molecular weight excluding hydrogens is 228 g/mol. The van der Waals surface area contributed by atoms with E-state index in [4.69, 9.17) is 4.74 Å². The maximum Gasteiger partial charge on any atom is 0.312 e. The summed E-state index contributed by atoms with van der Waals surface area (Å²) in [7, 11) is 0. The van der Waals surface area contributed by atoms with Gasteiger partial charge in [0.1, 0.15) is 5.78 Å². The van der Waals surface area contributed by atoms with Crippen molar-refractivity contribution in [3.05, 3.63) is 0 Å². The zero-order valence-electron chi connectivity index (χ0n) is 11.7. The number of Topliss-reactive ketones (excluding diaryl/α,β-unsaturated/α-hetero) is 1. The van der Waals surface area contributed by atoms with Crippen molar-refractivity contribution in [2.24, 2.45) is 23.2 Å². The fourth-order valence-corrected chi connectivity index (χ4v) is 3.90. The highest BCUT2D eigenvalue weighted by Crippen LogP contribution is 2.52. The second kappa shape index (κ2) is 5.02. The molecule has 0 radical (unpaired) electrons. The van der Waals surface area contributed by atoms with Crippen LogP contribution in [0.2, 0.25) is 0 Å². The van der Waals surface area contributed by atoms with Crippen molar-refractivity contribution in [2.45, 2.75) is 52.9 Å². The molecule has 0 aromatic rings. The summed E-state index contributed by atoms with van der Waals surface area (Å²) in [6.07, 6.45) is 4.76. The lowest BCUT2D eigenvalue weighted by Gasteiger charge is -2.49. The Labute approximate surface area is 109 Å². The van der Waals surface area contributed by atoms with Crippen molar-refractivity contribution < 1.29 is 14.3 Å². The molecule has 0 unspecified atom stereocenters. The molecular formula is C15H24O3. The zero-order chi connectivity index (χ0) is 13.3. The van der Waals surface area contributed by atoms with Gasteiger partial charge in [0.25, 0.3) is 0 Å². The summed E-state index contributed by atoms with van der Waals surface area (Å²) in [5.41, 5.74) is -0.463. The van der Waals surface area contributed by atoms with Crippen LogP contribution < -0.4 is 0 Å². The van der Waals surface area contributed by atoms with Crippen LogP contribution in [0.4, 0.5) is 0 Å². The molecule has 0 heterocycles. The molecule has 0 aliphatic heterocycles. The van der Waals surface area contributed by atoms with Crippen molar-refractivity contribution in [3.63, 3.8) is 0 Å². The van der Waals surface area contributed by atoms with Gasteiger partial charge < -0.3 is 4.74 Å². The van der Waals surface area contributed by atoms with Crippen LogP contribution in [0.15, 0.2) is 0 Å². The third-order valence-electron chi connectivity index (χ3n) is 5.20. The van der Waals surface area contributed by atoms with Gasteiger partial charge in [-0.1, -0.05) is 19.8 Å². The minimum Gasteiger partial charge on any atom is -0.466 e. The summed E-state index contributed by atoms with van der Waals surface area (Å²) in [4.78, 5) is 24.5. The van der Waals surface area contributed by atoms with Gasteiger partial charge in [-0.05, 0) is 38.5 Å². The van der Waals surface area contributed by atoms with Gasteiger partial charge >= 0.3 is 5.97 Å². The van der Waals surface area contributed by atoms with E-state index in [2.05, 4.69) is 0 Å². The van der Waals surface area contributed by atoms with Crippen LogP contribution in [0, 0.1) is 23.2 Å². The first-order valence-electron chi connectivity index (χ1n) is 7.21. The standard InChI is InChI=1S/C15H24O3/c1-4-18-14(17)15(3)10(2)9-13(16)11-7-5-6-8-12(11)15/h10-12H,4-9H2,1-3H3/t10-,11-,12-,15-/m0/s1. The number of rotatable bonds is 2. The minimum absolute atomic E-state index is 0.0955. The minimum atomic E-state index is -0.463. The molecule has 18 heavy (non-hydrogen) atoms. The van der Waals surface area contributed by atoms with Gasteiger partial charge in [-0.2, -0.15) is 0 Å². The van der Waals surface area contributed by atoms with Gasteiger partial charge in [0.05, 0.1) is 12.0 Å². The molecule has 0 saturated heterocycles. The molecule has 0 aromatic carbocycles. The van der Waals surface area contributed by atoms with Crippen LogP contribution in [0.25, 0.3) is 0 Å². The molecule has 0 amide bonds. The lowest BCUT2D eigenvalue weighted by atomic mass is 9.53. The summed E-state index contributed by atoms with van der Waals surface area (Å²) in [6.45, 7) is 6.31. The largest absolute Gasteiger partial charge is 0.466 e. The molecule has 0 aromatic heterocycles. The number of hydrogen-bond acceptors (Lipinski definition) is 3. The Morgan fingerprint density at radius 2 is 2.06 bits per heavy atom. The van der Waals surface area contributed by atoms with Gasteiger partial charge in [0.15, 0.2) is 0 Å². The third kappa shape index (κ3) is 1.98. The molecule has 102 valence electrons. The molecule has 3 heteroatoms. The van der Waals surface area contributed by atoms with E-state index >= 15 is 0 Å².